The predicted octanol–water partition coefficient (Wildman–Crippen LogP) is 2.00. The summed E-state index contributed by atoms with van der Waals surface area (Å²) in [5.74, 6) is 0. The van der Waals surface area contributed by atoms with Gasteiger partial charge in [0, 0.05) is 0 Å². The van der Waals surface area contributed by atoms with E-state index in [9.17, 15) is 0 Å². The van der Waals surface area contributed by atoms with E-state index in [1.807, 2.05) is 0 Å². The first-order chi connectivity index (χ1) is 6.93. The second kappa shape index (κ2) is 3.36. The summed E-state index contributed by atoms with van der Waals surface area (Å²) in [5.41, 5.74) is 1.43. The van der Waals surface area contributed by atoms with Crippen LogP contribution in [0, 0.1) is 0 Å². The van der Waals surface area contributed by atoms with Gasteiger partial charge in [-0.2, -0.15) is 0 Å². The molecule has 1 heteroatoms. The monoisotopic (exact) mass is 286 g/mol. The summed E-state index contributed by atoms with van der Waals surface area (Å²) < 4.78 is 3.94. The van der Waals surface area contributed by atoms with E-state index >= 15 is 0 Å². The maximum absolute atomic E-state index is 2.36. The number of hydrogen-bond acceptors (Lipinski definition) is 0. The molecular weight excluding hydrogens is 278 g/mol. The van der Waals surface area contributed by atoms with Crippen LogP contribution in [0.15, 0.2) is 42.5 Å². The molecule has 0 radical (unpaired) electrons. The van der Waals surface area contributed by atoms with Crippen LogP contribution in [0.25, 0.3) is 16.8 Å². The molecule has 66 valence electrons. The predicted molar refractivity (Wildman–Crippen MR) is 64.4 cm³/mol. The molecule has 1 aliphatic rings. The Morgan fingerprint density at radius 2 is 1.71 bits per heavy atom. The fourth-order valence-electron chi connectivity index (χ4n) is 1.76. The zero-order valence-electron chi connectivity index (χ0n) is 7.64. The number of hydrogen-bond donors (Lipinski definition) is 0. The van der Waals surface area contributed by atoms with E-state index in [1.165, 1.54) is 16.3 Å². The molecule has 0 spiro atoms. The van der Waals surface area contributed by atoms with Gasteiger partial charge in [0.2, 0.25) is 0 Å². The van der Waals surface area contributed by atoms with Crippen LogP contribution in [-0.4, -0.2) is 25.1 Å². The summed E-state index contributed by atoms with van der Waals surface area (Å²) in [4.78, 5) is 0. The van der Waals surface area contributed by atoms with Gasteiger partial charge in [-0.1, -0.05) is 0 Å². The number of fused-ring (bicyclic) bond motifs is 2. The molecule has 0 bridgehead atoms. The standard InChI is InChI=1S/C13H9.Sb/c1-2-5-11-8-9-12-6-3-4-7-13(12)10-11;/h1-7,9-10H;. The molecule has 0 aliphatic carbocycles. The fraction of sp³-hybridized carbons (Fsp3) is 0. The van der Waals surface area contributed by atoms with Gasteiger partial charge in [-0.15, -0.1) is 0 Å². The van der Waals surface area contributed by atoms with E-state index in [2.05, 4.69) is 52.5 Å². The van der Waals surface area contributed by atoms with Crippen LogP contribution < -0.4 is 3.51 Å². The summed E-state index contributed by atoms with van der Waals surface area (Å²) in [7, 11) is 0. The Hall–Kier alpha value is -0.872. The quantitative estimate of drug-likeness (QED) is 0.650. The van der Waals surface area contributed by atoms with Crippen molar-refractivity contribution in [2.45, 2.75) is 0 Å². The fourth-order valence-corrected chi connectivity index (χ4v) is 4.14. The second-order valence-corrected chi connectivity index (χ2v) is 6.36. The van der Waals surface area contributed by atoms with Crippen molar-refractivity contribution < 1.29 is 0 Å². The zero-order valence-corrected chi connectivity index (χ0v) is 10.2. The molecule has 0 saturated heterocycles. The molecule has 0 N–H and O–H groups in total. The average molecular weight is 287 g/mol. The maximum atomic E-state index is 2.36. The van der Waals surface area contributed by atoms with Gasteiger partial charge < -0.3 is 0 Å². The van der Waals surface area contributed by atoms with Gasteiger partial charge in [-0.25, -0.2) is 0 Å². The number of rotatable bonds is 0. The van der Waals surface area contributed by atoms with E-state index in [-0.39, 0.29) is 21.1 Å². The zero-order chi connectivity index (χ0) is 9.38. The van der Waals surface area contributed by atoms with Gasteiger partial charge >= 0.3 is 93.5 Å². The Kier molecular flexibility index (Phi) is 2.03. The van der Waals surface area contributed by atoms with Crippen LogP contribution in [0.1, 0.15) is 5.56 Å². The molecule has 1 aliphatic heterocycles. The van der Waals surface area contributed by atoms with Crippen LogP contribution in [0.4, 0.5) is 0 Å². The van der Waals surface area contributed by atoms with Gasteiger partial charge in [0.05, 0.1) is 0 Å². The molecule has 0 fully saturated rings. The van der Waals surface area contributed by atoms with Gasteiger partial charge in [-0.3, -0.25) is 0 Å². The van der Waals surface area contributed by atoms with Gasteiger partial charge in [0.15, 0.2) is 0 Å². The van der Waals surface area contributed by atoms with E-state index in [0.29, 0.717) is 0 Å². The van der Waals surface area contributed by atoms with E-state index in [0.717, 1.165) is 0 Å². The molecular formula is C13H9Sb. The Bertz CT molecular complexity index is 500. The molecule has 0 nitrogen and oxygen atoms in total. The van der Waals surface area contributed by atoms with E-state index in [4.69, 9.17) is 0 Å². The molecule has 0 amide bonds. The molecule has 3 rings (SSSR count). The molecule has 14 heavy (non-hydrogen) atoms. The van der Waals surface area contributed by atoms with Crippen molar-refractivity contribution in [3.8, 4) is 0 Å². The van der Waals surface area contributed by atoms with Crippen molar-refractivity contribution in [1.29, 1.82) is 0 Å². The minimum atomic E-state index is -0.240. The van der Waals surface area contributed by atoms with Crippen molar-refractivity contribution in [3.63, 3.8) is 0 Å². The van der Waals surface area contributed by atoms with E-state index in [1.54, 1.807) is 3.51 Å². The Morgan fingerprint density at radius 3 is 2.57 bits per heavy atom. The molecule has 0 aromatic heterocycles. The van der Waals surface area contributed by atoms with Crippen LogP contribution in [0.5, 0.6) is 0 Å². The topological polar surface area (TPSA) is 0 Å². The summed E-state index contributed by atoms with van der Waals surface area (Å²) in [5, 5.41) is 2.74. The summed E-state index contributed by atoms with van der Waals surface area (Å²) in [6, 6.07) is 13.3. The molecule has 2 aromatic carbocycles. The van der Waals surface area contributed by atoms with Crippen LogP contribution in [0.3, 0.4) is 0 Å². The molecule has 0 atom stereocenters. The normalized spacial score (nSPS) is 13.1. The summed E-state index contributed by atoms with van der Waals surface area (Å²) >= 11 is -0.240. The van der Waals surface area contributed by atoms with Gasteiger partial charge in [0.25, 0.3) is 0 Å². The van der Waals surface area contributed by atoms with Crippen molar-refractivity contribution in [2.75, 3.05) is 0 Å². The van der Waals surface area contributed by atoms with Crippen molar-refractivity contribution in [1.82, 2.24) is 0 Å². The molecule has 2 aromatic rings. The Balaban J connectivity index is 2.40. The van der Waals surface area contributed by atoms with Gasteiger partial charge in [-0.05, 0) is 0 Å². The summed E-state index contributed by atoms with van der Waals surface area (Å²) in [6.45, 7) is 0. The third kappa shape index (κ3) is 1.35. The second-order valence-electron chi connectivity index (χ2n) is 3.40. The number of allylic oxidation sites excluding steroid dienone is 1. The first-order valence-electron chi connectivity index (χ1n) is 4.67. The number of benzene rings is 2. The van der Waals surface area contributed by atoms with Crippen LogP contribution in [0.2, 0.25) is 0 Å². The summed E-state index contributed by atoms with van der Waals surface area (Å²) in [6.07, 6.45) is 4.43. The third-order valence-electron chi connectivity index (χ3n) is 2.47. The Morgan fingerprint density at radius 1 is 0.929 bits per heavy atom. The first-order valence-corrected chi connectivity index (χ1v) is 7.42. The van der Waals surface area contributed by atoms with Crippen molar-refractivity contribution in [2.24, 2.45) is 0 Å². The van der Waals surface area contributed by atoms with Gasteiger partial charge in [0.1, 0.15) is 0 Å². The van der Waals surface area contributed by atoms with E-state index < -0.39 is 0 Å². The Labute approximate surface area is 93.3 Å². The van der Waals surface area contributed by atoms with Crippen LogP contribution in [-0.2, 0) is 0 Å². The molecule has 0 unspecified atom stereocenters. The molecule has 0 saturated carbocycles. The first kappa shape index (κ1) is 8.44. The molecule has 1 heterocycles. The SMILES string of the molecule is C1=Cc2cc3ccccc3c[c]2[Sb]=[CH]1. The third-order valence-corrected chi connectivity index (χ3v) is 5.29. The minimum absolute atomic E-state index is 0.240. The van der Waals surface area contributed by atoms with Crippen LogP contribution >= 0.6 is 0 Å². The average Bonchev–Trinajstić information content (AvgIpc) is 2.26. The van der Waals surface area contributed by atoms with Crippen molar-refractivity contribution in [3.05, 3.63) is 48.0 Å². The van der Waals surface area contributed by atoms with Crippen molar-refractivity contribution >= 4 is 45.4 Å².